The van der Waals surface area contributed by atoms with Crippen LogP contribution in [0.3, 0.4) is 0 Å². The molecule has 2 heterocycles. The minimum Gasteiger partial charge on any atom is -0.412 e. The van der Waals surface area contributed by atoms with Crippen LogP contribution in [0.1, 0.15) is 13.8 Å². The minimum atomic E-state index is -0.406. The molecule has 124 valence electrons. The molecule has 0 fully saturated rings. The van der Waals surface area contributed by atoms with Crippen LogP contribution in [-0.4, -0.2) is 36.0 Å². The molecule has 0 aromatic carbocycles. The predicted molar refractivity (Wildman–Crippen MR) is 87.8 cm³/mol. The number of nitrogens with two attached hydrogens (primary N) is 1. The lowest BCUT2D eigenvalue weighted by molar-refractivity contribution is 0.704. The van der Waals surface area contributed by atoms with E-state index in [-0.39, 0.29) is 30.5 Å². The second kappa shape index (κ2) is 7.23. The van der Waals surface area contributed by atoms with E-state index in [9.17, 15) is 9.59 Å². The molecule has 9 nitrogen and oxygen atoms in total. The standard InChI is InChI=1S/C12H18N6O2.ClH.H2O/c1-7(2)15-8(13)5-18-6-14-10-9(18)11(19)17(4)12(20)16(10)3;;/h6-7H,5H2,1-4H3,(H2,13,15);1H;1H2. The van der Waals surface area contributed by atoms with E-state index in [2.05, 4.69) is 9.98 Å². The van der Waals surface area contributed by atoms with Crippen molar-refractivity contribution in [2.24, 2.45) is 24.8 Å². The molecule has 22 heavy (non-hydrogen) atoms. The van der Waals surface area contributed by atoms with E-state index in [0.717, 1.165) is 4.57 Å². The number of hydrogen-bond donors (Lipinski definition) is 1. The number of aryl methyl sites for hydroxylation is 1. The van der Waals surface area contributed by atoms with Crippen molar-refractivity contribution in [2.75, 3.05) is 0 Å². The van der Waals surface area contributed by atoms with Crippen LogP contribution in [0.15, 0.2) is 20.9 Å². The van der Waals surface area contributed by atoms with Crippen molar-refractivity contribution in [3.05, 3.63) is 27.2 Å². The molecule has 0 radical (unpaired) electrons. The van der Waals surface area contributed by atoms with Crippen LogP contribution in [0.25, 0.3) is 11.2 Å². The molecular weight excluding hydrogens is 312 g/mol. The normalized spacial score (nSPS) is 11.4. The Labute approximate surface area is 132 Å². The van der Waals surface area contributed by atoms with Gasteiger partial charge >= 0.3 is 5.69 Å². The van der Waals surface area contributed by atoms with Gasteiger partial charge < -0.3 is 15.8 Å². The number of fused-ring (bicyclic) bond motifs is 1. The molecule has 0 saturated carbocycles. The Kier molecular flexibility index (Phi) is 6.53. The molecule has 10 heteroatoms. The van der Waals surface area contributed by atoms with Crippen molar-refractivity contribution < 1.29 is 5.48 Å². The monoisotopic (exact) mass is 332 g/mol. The first-order valence-electron chi connectivity index (χ1n) is 6.26. The molecular formula is C12H21ClN6O3. The fraction of sp³-hybridized carbons (Fsp3) is 0.500. The SMILES string of the molecule is CC(C)N=C(N)Cn1cnc2c1c(=O)n(C)c(=O)n2C.Cl.O. The zero-order valence-electron chi connectivity index (χ0n) is 12.9. The van der Waals surface area contributed by atoms with Gasteiger partial charge in [-0.25, -0.2) is 9.78 Å². The van der Waals surface area contributed by atoms with Gasteiger partial charge in [-0.1, -0.05) is 0 Å². The summed E-state index contributed by atoms with van der Waals surface area (Å²) in [5.74, 6) is 0.412. The number of halogens is 1. The zero-order chi connectivity index (χ0) is 15.0. The highest BCUT2D eigenvalue weighted by molar-refractivity contribution is 5.85. The zero-order valence-corrected chi connectivity index (χ0v) is 13.7. The maximum absolute atomic E-state index is 12.2. The summed E-state index contributed by atoms with van der Waals surface area (Å²) in [4.78, 5) is 32.3. The molecule has 0 unspecified atom stereocenters. The van der Waals surface area contributed by atoms with E-state index < -0.39 is 11.2 Å². The Hall–Kier alpha value is -2.13. The Balaban J connectivity index is 0.00000220. The van der Waals surface area contributed by atoms with Gasteiger partial charge in [0.15, 0.2) is 11.2 Å². The first-order chi connectivity index (χ1) is 9.32. The Morgan fingerprint density at radius 1 is 1.32 bits per heavy atom. The van der Waals surface area contributed by atoms with Gasteiger partial charge in [-0.3, -0.25) is 18.9 Å². The summed E-state index contributed by atoms with van der Waals surface area (Å²) in [5, 5.41) is 0. The van der Waals surface area contributed by atoms with Gasteiger partial charge in [-0.2, -0.15) is 0 Å². The molecule has 0 saturated heterocycles. The summed E-state index contributed by atoms with van der Waals surface area (Å²) in [6.45, 7) is 4.10. The van der Waals surface area contributed by atoms with Crippen LogP contribution in [-0.2, 0) is 20.6 Å². The maximum Gasteiger partial charge on any atom is 0.332 e. The third kappa shape index (κ3) is 3.37. The van der Waals surface area contributed by atoms with E-state index in [4.69, 9.17) is 5.73 Å². The average Bonchev–Trinajstić information content (AvgIpc) is 2.76. The van der Waals surface area contributed by atoms with E-state index >= 15 is 0 Å². The lowest BCUT2D eigenvalue weighted by Gasteiger charge is -2.07. The topological polar surface area (TPSA) is 132 Å². The minimum absolute atomic E-state index is 0. The largest absolute Gasteiger partial charge is 0.412 e. The maximum atomic E-state index is 12.2. The highest BCUT2D eigenvalue weighted by Crippen LogP contribution is 2.05. The summed E-state index contributed by atoms with van der Waals surface area (Å²) in [6, 6.07) is 0.0805. The number of imidazole rings is 1. The van der Waals surface area contributed by atoms with Crippen molar-refractivity contribution in [1.82, 2.24) is 18.7 Å². The molecule has 0 aliphatic heterocycles. The highest BCUT2D eigenvalue weighted by Gasteiger charge is 2.14. The van der Waals surface area contributed by atoms with Gasteiger partial charge in [0.1, 0.15) is 5.84 Å². The lowest BCUT2D eigenvalue weighted by Crippen LogP contribution is -2.38. The third-order valence-corrected chi connectivity index (χ3v) is 2.97. The smallest absolute Gasteiger partial charge is 0.332 e. The second-order valence-electron chi connectivity index (χ2n) is 4.96. The quantitative estimate of drug-likeness (QED) is 0.558. The number of amidine groups is 1. The summed E-state index contributed by atoms with van der Waals surface area (Å²) in [5.41, 5.74) is 5.73. The number of nitrogens with zero attached hydrogens (tertiary/aromatic N) is 5. The van der Waals surface area contributed by atoms with Crippen LogP contribution in [0.2, 0.25) is 0 Å². The average molecular weight is 333 g/mol. The molecule has 2 aromatic heterocycles. The van der Waals surface area contributed by atoms with Crippen LogP contribution in [0, 0.1) is 0 Å². The Morgan fingerprint density at radius 3 is 2.45 bits per heavy atom. The fourth-order valence-electron chi connectivity index (χ4n) is 2.06. The van der Waals surface area contributed by atoms with Crippen LogP contribution < -0.4 is 17.0 Å². The van der Waals surface area contributed by atoms with Crippen molar-refractivity contribution in [3.63, 3.8) is 0 Å². The molecule has 0 bridgehead atoms. The van der Waals surface area contributed by atoms with Crippen LogP contribution in [0.5, 0.6) is 0 Å². The summed E-state index contributed by atoms with van der Waals surface area (Å²) in [7, 11) is 3.01. The van der Waals surface area contributed by atoms with Crippen molar-refractivity contribution in [1.29, 1.82) is 0 Å². The van der Waals surface area contributed by atoms with Gasteiger partial charge in [0.05, 0.1) is 12.9 Å². The van der Waals surface area contributed by atoms with E-state index in [1.165, 1.54) is 17.9 Å². The molecule has 0 aliphatic rings. The first kappa shape index (κ1) is 19.9. The fourth-order valence-corrected chi connectivity index (χ4v) is 2.06. The van der Waals surface area contributed by atoms with Gasteiger partial charge in [0.25, 0.3) is 5.56 Å². The van der Waals surface area contributed by atoms with Crippen LogP contribution >= 0.6 is 12.4 Å². The molecule has 2 aromatic rings. The van der Waals surface area contributed by atoms with Crippen molar-refractivity contribution in [2.45, 2.75) is 26.4 Å². The van der Waals surface area contributed by atoms with Crippen molar-refractivity contribution >= 4 is 29.4 Å². The summed E-state index contributed by atoms with van der Waals surface area (Å²) >= 11 is 0. The van der Waals surface area contributed by atoms with Gasteiger partial charge in [0, 0.05) is 20.1 Å². The first-order valence-corrected chi connectivity index (χ1v) is 6.26. The third-order valence-electron chi connectivity index (χ3n) is 2.97. The van der Waals surface area contributed by atoms with E-state index in [0.29, 0.717) is 17.0 Å². The van der Waals surface area contributed by atoms with Crippen molar-refractivity contribution in [3.8, 4) is 0 Å². The number of rotatable bonds is 3. The molecule has 4 N–H and O–H groups in total. The molecule has 0 aliphatic carbocycles. The van der Waals surface area contributed by atoms with E-state index in [1.807, 2.05) is 13.8 Å². The van der Waals surface area contributed by atoms with Crippen LogP contribution in [0.4, 0.5) is 0 Å². The van der Waals surface area contributed by atoms with Gasteiger partial charge in [0.2, 0.25) is 0 Å². The van der Waals surface area contributed by atoms with Gasteiger partial charge in [-0.15, -0.1) is 12.4 Å². The molecule has 0 spiro atoms. The molecule has 0 atom stereocenters. The second-order valence-corrected chi connectivity index (χ2v) is 4.96. The molecule has 0 amide bonds. The number of aliphatic imine (C=N–C) groups is 1. The summed E-state index contributed by atoms with van der Waals surface area (Å²) in [6.07, 6.45) is 1.49. The number of hydrogen-bond acceptors (Lipinski definition) is 4. The van der Waals surface area contributed by atoms with E-state index in [1.54, 1.807) is 11.6 Å². The number of aromatic nitrogens is 4. The molecule has 2 rings (SSSR count). The Morgan fingerprint density at radius 2 is 1.91 bits per heavy atom. The Bertz CT molecular complexity index is 802. The lowest BCUT2D eigenvalue weighted by atomic mass is 10.4. The van der Waals surface area contributed by atoms with Gasteiger partial charge in [-0.05, 0) is 13.8 Å². The predicted octanol–water partition coefficient (Wildman–Crippen LogP) is -1.20. The summed E-state index contributed by atoms with van der Waals surface area (Å²) < 4.78 is 4.00. The highest BCUT2D eigenvalue weighted by atomic mass is 35.5.